The minimum absolute atomic E-state index is 0.181. The van der Waals surface area contributed by atoms with Crippen molar-refractivity contribution >= 4 is 29.3 Å². The van der Waals surface area contributed by atoms with Crippen LogP contribution in [-0.4, -0.2) is 76.6 Å². The zero-order chi connectivity index (χ0) is 24.2. The maximum atomic E-state index is 12.7. The Bertz CT molecular complexity index is 855. The van der Waals surface area contributed by atoms with Gasteiger partial charge in [-0.15, -0.1) is 0 Å². The smallest absolute Gasteiger partial charge is 0.416 e. The summed E-state index contributed by atoms with van der Waals surface area (Å²) in [7, 11) is 1.59. The standard InChI is InChI=1S/C23H32N2O7S/c1-6-11-25(22(28)32-23(2,3)4)21-24-17-18(27)19(16(12-26)31-20(17)33-21)30-13-14-7-9-15(29-5)10-8-14/h7-10,12,16-20,27H,6,11,13H2,1-5H3/t16-,17-,18-,19-,20-/m1/s1. The third-order valence-corrected chi connectivity index (χ3v) is 6.25. The summed E-state index contributed by atoms with van der Waals surface area (Å²) in [4.78, 5) is 30.5. The second kappa shape index (κ2) is 10.9. The molecule has 0 bridgehead atoms. The van der Waals surface area contributed by atoms with E-state index < -0.39 is 41.5 Å². The molecule has 10 heteroatoms. The molecule has 33 heavy (non-hydrogen) atoms. The first-order valence-corrected chi connectivity index (χ1v) is 11.8. The van der Waals surface area contributed by atoms with Gasteiger partial charge in [0, 0.05) is 6.54 Å². The first-order valence-electron chi connectivity index (χ1n) is 10.9. The van der Waals surface area contributed by atoms with E-state index in [1.54, 1.807) is 27.9 Å². The van der Waals surface area contributed by atoms with Crippen molar-refractivity contribution in [2.75, 3.05) is 13.7 Å². The van der Waals surface area contributed by atoms with Gasteiger partial charge in [0.1, 0.15) is 41.1 Å². The van der Waals surface area contributed by atoms with E-state index in [9.17, 15) is 14.7 Å². The molecule has 1 aromatic rings. The van der Waals surface area contributed by atoms with E-state index in [1.807, 2.05) is 31.2 Å². The lowest BCUT2D eigenvalue weighted by Gasteiger charge is -2.38. The van der Waals surface area contributed by atoms with Crippen LogP contribution in [-0.2, 0) is 25.6 Å². The zero-order valence-electron chi connectivity index (χ0n) is 19.6. The topological polar surface area (TPSA) is 107 Å². The van der Waals surface area contributed by atoms with Gasteiger partial charge in [-0.05, 0) is 44.9 Å². The molecule has 0 radical (unpaired) electrons. The van der Waals surface area contributed by atoms with Crippen molar-refractivity contribution in [1.82, 2.24) is 4.90 Å². The molecule has 1 aromatic carbocycles. The Morgan fingerprint density at radius 3 is 2.58 bits per heavy atom. The SMILES string of the molecule is CCCN(C(=O)OC(C)(C)C)C1=N[C@@H]2[C@@H](O)[C@H](OCc3ccc(OC)cc3)[C@@H](C=O)O[C@@H]2S1. The Hall–Kier alpha value is -2.14. The fourth-order valence-electron chi connectivity index (χ4n) is 3.52. The van der Waals surface area contributed by atoms with Crippen LogP contribution >= 0.6 is 11.8 Å². The summed E-state index contributed by atoms with van der Waals surface area (Å²) < 4.78 is 22.5. The summed E-state index contributed by atoms with van der Waals surface area (Å²) in [5, 5.41) is 11.4. The number of aliphatic hydroxyl groups excluding tert-OH is 1. The summed E-state index contributed by atoms with van der Waals surface area (Å²) >= 11 is 1.20. The lowest BCUT2D eigenvalue weighted by atomic mass is 9.98. The molecule has 0 saturated carbocycles. The molecule has 2 aliphatic heterocycles. The first-order chi connectivity index (χ1) is 15.7. The number of hydrogen-bond donors (Lipinski definition) is 1. The molecule has 0 aliphatic carbocycles. The molecule has 182 valence electrons. The Morgan fingerprint density at radius 2 is 2.00 bits per heavy atom. The Morgan fingerprint density at radius 1 is 1.30 bits per heavy atom. The van der Waals surface area contributed by atoms with Gasteiger partial charge >= 0.3 is 6.09 Å². The van der Waals surface area contributed by atoms with Crippen molar-refractivity contribution in [2.45, 2.75) is 76.1 Å². The van der Waals surface area contributed by atoms with E-state index in [-0.39, 0.29) is 6.61 Å². The van der Waals surface area contributed by atoms with E-state index in [0.717, 1.165) is 11.3 Å². The van der Waals surface area contributed by atoms with Gasteiger partial charge in [0.15, 0.2) is 11.5 Å². The molecular formula is C23H32N2O7S. The Balaban J connectivity index is 1.73. The van der Waals surface area contributed by atoms with Crippen LogP contribution in [0, 0.1) is 0 Å². The monoisotopic (exact) mass is 480 g/mol. The van der Waals surface area contributed by atoms with Crippen LogP contribution in [0.1, 0.15) is 39.7 Å². The molecule has 0 unspecified atom stereocenters. The van der Waals surface area contributed by atoms with Gasteiger partial charge in [-0.3, -0.25) is 9.89 Å². The Kier molecular flexibility index (Phi) is 8.38. The number of methoxy groups -OCH3 is 1. The summed E-state index contributed by atoms with van der Waals surface area (Å²) in [5.74, 6) is 0.722. The number of amides is 1. The highest BCUT2D eigenvalue weighted by Crippen LogP contribution is 2.38. The number of ether oxygens (including phenoxy) is 4. The van der Waals surface area contributed by atoms with E-state index in [4.69, 9.17) is 18.9 Å². The van der Waals surface area contributed by atoms with Crippen molar-refractivity contribution in [3.05, 3.63) is 29.8 Å². The van der Waals surface area contributed by atoms with Gasteiger partial charge in [-0.2, -0.15) is 0 Å². The Labute approximate surface area is 198 Å². The number of nitrogens with zero attached hydrogens (tertiary/aromatic N) is 2. The number of hydrogen-bond acceptors (Lipinski definition) is 9. The molecule has 9 nitrogen and oxygen atoms in total. The maximum absolute atomic E-state index is 12.7. The predicted molar refractivity (Wildman–Crippen MR) is 124 cm³/mol. The van der Waals surface area contributed by atoms with Crippen LogP contribution in [0.25, 0.3) is 0 Å². The first kappa shape index (κ1) is 25.5. The van der Waals surface area contributed by atoms with Crippen molar-refractivity contribution < 1.29 is 33.6 Å². The second-order valence-corrected chi connectivity index (χ2v) is 9.94. The predicted octanol–water partition coefficient (Wildman–Crippen LogP) is 2.98. The fourth-order valence-corrected chi connectivity index (χ4v) is 4.74. The van der Waals surface area contributed by atoms with E-state index in [1.165, 1.54) is 16.7 Å². The number of carbonyl (C=O) groups excluding carboxylic acids is 2. The summed E-state index contributed by atoms with van der Waals surface area (Å²) in [6.07, 6.45) is -2.11. The molecule has 1 N–H and O–H groups in total. The van der Waals surface area contributed by atoms with Crippen LogP contribution < -0.4 is 4.74 Å². The van der Waals surface area contributed by atoms with E-state index >= 15 is 0 Å². The van der Waals surface area contributed by atoms with Gasteiger partial charge in [-0.25, -0.2) is 4.79 Å². The number of aldehydes is 1. The second-order valence-electron chi connectivity index (χ2n) is 8.87. The number of carbonyl (C=O) groups is 2. The highest BCUT2D eigenvalue weighted by atomic mass is 32.2. The number of benzene rings is 1. The molecule has 1 saturated heterocycles. The van der Waals surface area contributed by atoms with Crippen molar-refractivity contribution in [3.63, 3.8) is 0 Å². The van der Waals surface area contributed by atoms with Crippen molar-refractivity contribution in [2.24, 2.45) is 4.99 Å². The maximum Gasteiger partial charge on any atom is 0.416 e. The molecule has 0 spiro atoms. The van der Waals surface area contributed by atoms with Gasteiger partial charge in [0.2, 0.25) is 0 Å². The number of rotatable bonds is 7. The normalized spacial score (nSPS) is 26.8. The number of amidine groups is 1. The quantitative estimate of drug-likeness (QED) is 0.594. The van der Waals surface area contributed by atoms with Crippen molar-refractivity contribution in [1.29, 1.82) is 0 Å². The van der Waals surface area contributed by atoms with Crippen LogP contribution in [0.5, 0.6) is 5.75 Å². The van der Waals surface area contributed by atoms with Crippen LogP contribution in [0.2, 0.25) is 0 Å². The molecule has 2 aliphatic rings. The van der Waals surface area contributed by atoms with Crippen LogP contribution in [0.4, 0.5) is 4.79 Å². The average Bonchev–Trinajstić information content (AvgIpc) is 3.19. The third-order valence-electron chi connectivity index (χ3n) is 5.09. The zero-order valence-corrected chi connectivity index (χ0v) is 20.4. The largest absolute Gasteiger partial charge is 0.497 e. The summed E-state index contributed by atoms with van der Waals surface area (Å²) in [6.45, 7) is 7.92. The highest BCUT2D eigenvalue weighted by molar-refractivity contribution is 8.14. The molecule has 2 heterocycles. The minimum Gasteiger partial charge on any atom is -0.497 e. The fraction of sp³-hybridized carbons (Fsp3) is 0.609. The van der Waals surface area contributed by atoms with Gasteiger partial charge in [0.25, 0.3) is 0 Å². The molecule has 0 aromatic heterocycles. The molecule has 1 fully saturated rings. The van der Waals surface area contributed by atoms with Crippen molar-refractivity contribution in [3.8, 4) is 5.75 Å². The van der Waals surface area contributed by atoms with Gasteiger partial charge in [0.05, 0.1) is 13.7 Å². The average molecular weight is 481 g/mol. The number of aliphatic hydroxyl groups is 1. The third kappa shape index (κ3) is 6.26. The number of thioether (sulfide) groups is 1. The van der Waals surface area contributed by atoms with E-state index in [0.29, 0.717) is 24.4 Å². The molecule has 5 atom stereocenters. The van der Waals surface area contributed by atoms with Crippen LogP contribution in [0.15, 0.2) is 29.3 Å². The lowest BCUT2D eigenvalue weighted by Crippen LogP contribution is -2.56. The molecule has 3 rings (SSSR count). The van der Waals surface area contributed by atoms with Crippen LogP contribution in [0.3, 0.4) is 0 Å². The highest BCUT2D eigenvalue weighted by Gasteiger charge is 2.50. The summed E-state index contributed by atoms with van der Waals surface area (Å²) in [5.41, 5.74) is -0.398. The van der Waals surface area contributed by atoms with Gasteiger partial charge in [-0.1, -0.05) is 30.8 Å². The lowest BCUT2D eigenvalue weighted by molar-refractivity contribution is -0.178. The van der Waals surface area contributed by atoms with E-state index in [2.05, 4.69) is 4.99 Å². The number of aliphatic imine (C=N–C) groups is 1. The number of fused-ring (bicyclic) bond motifs is 1. The minimum atomic E-state index is -1.08. The molecular weight excluding hydrogens is 448 g/mol. The van der Waals surface area contributed by atoms with Gasteiger partial charge < -0.3 is 28.8 Å². The summed E-state index contributed by atoms with van der Waals surface area (Å²) in [6, 6.07) is 6.63. The molecule has 1 amide bonds.